The molecule has 0 spiro atoms. The number of carbonyl (C=O) groups is 1. The number of unbranched alkanes of at least 4 members (excludes halogenated alkanes) is 19. The molecule has 1 atom stereocenters. The highest BCUT2D eigenvalue weighted by Crippen LogP contribution is 2.18. The third-order valence-corrected chi connectivity index (χ3v) is 8.01. The van der Waals surface area contributed by atoms with Crippen molar-refractivity contribution in [2.24, 2.45) is 5.92 Å². The Kier molecular flexibility index (Phi) is 33.3. The normalized spacial score (nSPS) is 13.0. The summed E-state index contributed by atoms with van der Waals surface area (Å²) in [4.78, 5) is 12.2. The Morgan fingerprint density at radius 1 is 0.488 bits per heavy atom. The second-order valence-corrected chi connectivity index (χ2v) is 12.0. The molecule has 0 aromatic carbocycles. The van der Waals surface area contributed by atoms with Crippen LogP contribution in [0.2, 0.25) is 0 Å². The molecule has 0 fully saturated rings. The van der Waals surface area contributed by atoms with Crippen molar-refractivity contribution in [3.05, 3.63) is 48.6 Å². The second-order valence-electron chi connectivity index (χ2n) is 12.0. The lowest BCUT2D eigenvalue weighted by atomic mass is 9.96. The van der Waals surface area contributed by atoms with E-state index >= 15 is 0 Å². The summed E-state index contributed by atoms with van der Waals surface area (Å²) in [5.41, 5.74) is 0. The van der Waals surface area contributed by atoms with Crippen molar-refractivity contribution in [1.82, 2.24) is 0 Å². The van der Waals surface area contributed by atoms with E-state index < -0.39 is 0 Å². The van der Waals surface area contributed by atoms with E-state index in [1.54, 1.807) is 0 Å². The summed E-state index contributed by atoms with van der Waals surface area (Å²) in [6, 6.07) is 0. The Hall–Kier alpha value is -1.57. The van der Waals surface area contributed by atoms with Crippen LogP contribution in [0.25, 0.3) is 0 Å². The monoisotopic (exact) mass is 571 g/mol. The quantitative estimate of drug-likeness (QED) is 0.0470. The molecule has 0 aliphatic carbocycles. The van der Waals surface area contributed by atoms with Crippen molar-refractivity contribution in [2.45, 2.75) is 181 Å². The Balaban J connectivity index is 3.69. The van der Waals surface area contributed by atoms with Gasteiger partial charge in [-0.2, -0.15) is 0 Å². The summed E-state index contributed by atoms with van der Waals surface area (Å²) in [7, 11) is 1.53. The molecule has 0 N–H and O–H groups in total. The van der Waals surface area contributed by atoms with Crippen LogP contribution < -0.4 is 0 Å². The van der Waals surface area contributed by atoms with Crippen LogP contribution in [0.15, 0.2) is 48.6 Å². The number of hydrogen-bond donors (Lipinski definition) is 0. The van der Waals surface area contributed by atoms with Gasteiger partial charge < -0.3 is 4.74 Å². The molecule has 238 valence electrons. The third kappa shape index (κ3) is 31.2. The highest BCUT2D eigenvalue weighted by atomic mass is 16.5. The minimum Gasteiger partial charge on any atom is -0.469 e. The van der Waals surface area contributed by atoms with Crippen LogP contribution in [-0.4, -0.2) is 13.1 Å². The lowest BCUT2D eigenvalue weighted by Gasteiger charge is -2.12. The molecule has 41 heavy (non-hydrogen) atoms. The van der Waals surface area contributed by atoms with E-state index in [4.69, 9.17) is 4.74 Å². The van der Waals surface area contributed by atoms with Gasteiger partial charge in [0.05, 0.1) is 13.0 Å². The van der Waals surface area contributed by atoms with Gasteiger partial charge in [0.25, 0.3) is 0 Å². The molecule has 0 saturated carbocycles. The maximum absolute atomic E-state index is 12.2. The standard InChI is InChI=1S/C39H70O2/c1-4-6-8-10-12-14-16-18-20-22-24-26-28-30-32-34-36-38(39(40)41-3)37-35-33-31-29-27-25-23-21-19-17-15-13-11-9-7-5-2/h12,14,18-21,33,35,38H,4-11,13,15-17,22-32,34,36-37H2,1-3H3/b14-12-,20-18-,21-19-,35-33-. The van der Waals surface area contributed by atoms with Gasteiger partial charge in [-0.25, -0.2) is 0 Å². The first kappa shape index (κ1) is 39.4. The van der Waals surface area contributed by atoms with Crippen molar-refractivity contribution >= 4 is 5.97 Å². The van der Waals surface area contributed by atoms with Gasteiger partial charge in [0.15, 0.2) is 0 Å². The van der Waals surface area contributed by atoms with Gasteiger partial charge in [0.1, 0.15) is 0 Å². The lowest BCUT2D eigenvalue weighted by molar-refractivity contribution is -0.145. The van der Waals surface area contributed by atoms with Gasteiger partial charge >= 0.3 is 5.97 Å². The van der Waals surface area contributed by atoms with E-state index in [1.165, 1.54) is 142 Å². The molecule has 0 radical (unpaired) electrons. The lowest BCUT2D eigenvalue weighted by Crippen LogP contribution is -2.15. The van der Waals surface area contributed by atoms with Crippen molar-refractivity contribution in [2.75, 3.05) is 7.11 Å². The zero-order valence-corrected chi connectivity index (χ0v) is 27.9. The van der Waals surface area contributed by atoms with E-state index in [0.29, 0.717) is 0 Å². The van der Waals surface area contributed by atoms with Crippen LogP contribution in [0.5, 0.6) is 0 Å². The average Bonchev–Trinajstić information content (AvgIpc) is 2.99. The number of carbonyl (C=O) groups excluding carboxylic acids is 1. The molecule has 0 aliphatic rings. The zero-order chi connectivity index (χ0) is 29.9. The van der Waals surface area contributed by atoms with E-state index in [9.17, 15) is 4.79 Å². The van der Waals surface area contributed by atoms with E-state index in [0.717, 1.165) is 32.1 Å². The number of methoxy groups -OCH3 is 1. The maximum atomic E-state index is 12.2. The molecule has 2 heteroatoms. The van der Waals surface area contributed by atoms with E-state index in [-0.39, 0.29) is 11.9 Å². The predicted octanol–water partition coefficient (Wildman–Crippen LogP) is 13.2. The number of hydrogen-bond acceptors (Lipinski definition) is 2. The van der Waals surface area contributed by atoms with Gasteiger partial charge in [-0.15, -0.1) is 0 Å². The fourth-order valence-corrected chi connectivity index (χ4v) is 5.24. The summed E-state index contributed by atoms with van der Waals surface area (Å²) >= 11 is 0. The molecule has 0 amide bonds. The molecule has 2 nitrogen and oxygen atoms in total. The van der Waals surface area contributed by atoms with Crippen LogP contribution in [0.4, 0.5) is 0 Å². The predicted molar refractivity (Wildman–Crippen MR) is 183 cm³/mol. The van der Waals surface area contributed by atoms with Gasteiger partial charge in [-0.05, 0) is 83.5 Å². The molecule has 1 unspecified atom stereocenters. The molecule has 0 saturated heterocycles. The molecule has 0 aromatic heterocycles. The molecular weight excluding hydrogens is 500 g/mol. The molecular formula is C39H70O2. The topological polar surface area (TPSA) is 26.3 Å². The Bertz CT molecular complexity index is 642. The van der Waals surface area contributed by atoms with E-state index in [1.807, 2.05) is 0 Å². The van der Waals surface area contributed by atoms with Gasteiger partial charge in [0, 0.05) is 0 Å². The number of esters is 1. The van der Waals surface area contributed by atoms with Crippen LogP contribution in [-0.2, 0) is 9.53 Å². The smallest absolute Gasteiger partial charge is 0.308 e. The summed E-state index contributed by atoms with van der Waals surface area (Å²) < 4.78 is 5.08. The molecule has 0 heterocycles. The van der Waals surface area contributed by atoms with Crippen molar-refractivity contribution in [3.63, 3.8) is 0 Å². The molecule has 0 bridgehead atoms. The molecule has 0 aliphatic heterocycles. The Labute approximate surface area is 257 Å². The highest BCUT2D eigenvalue weighted by Gasteiger charge is 2.16. The first-order valence-corrected chi connectivity index (χ1v) is 17.9. The molecule has 0 rings (SSSR count). The van der Waals surface area contributed by atoms with Crippen LogP contribution in [0.3, 0.4) is 0 Å². The fraction of sp³-hybridized carbons (Fsp3) is 0.769. The maximum Gasteiger partial charge on any atom is 0.308 e. The summed E-state index contributed by atoms with van der Waals surface area (Å²) in [6.07, 6.45) is 51.1. The molecule has 0 aromatic rings. The third-order valence-electron chi connectivity index (χ3n) is 8.01. The van der Waals surface area contributed by atoms with Crippen LogP contribution >= 0.6 is 0 Å². The van der Waals surface area contributed by atoms with Gasteiger partial charge in [-0.1, -0.05) is 146 Å². The number of ether oxygens (including phenoxy) is 1. The summed E-state index contributed by atoms with van der Waals surface area (Å²) in [5.74, 6) is -0.0103. The van der Waals surface area contributed by atoms with Crippen molar-refractivity contribution in [3.8, 4) is 0 Å². The SMILES string of the molecule is CCCCC/C=C\C/C=C\CCCCCCCCC(C/C=C\CCCCC/C=C\CCCCCCCC)C(=O)OC. The van der Waals surface area contributed by atoms with Crippen molar-refractivity contribution in [1.29, 1.82) is 0 Å². The largest absolute Gasteiger partial charge is 0.469 e. The number of rotatable bonds is 31. The summed E-state index contributed by atoms with van der Waals surface area (Å²) in [6.45, 7) is 4.53. The van der Waals surface area contributed by atoms with Gasteiger partial charge in [-0.3, -0.25) is 4.79 Å². The average molecular weight is 571 g/mol. The number of allylic oxidation sites excluding steroid dienone is 8. The van der Waals surface area contributed by atoms with Crippen molar-refractivity contribution < 1.29 is 9.53 Å². The van der Waals surface area contributed by atoms with Crippen LogP contribution in [0, 0.1) is 5.92 Å². The Morgan fingerprint density at radius 2 is 0.854 bits per heavy atom. The zero-order valence-electron chi connectivity index (χ0n) is 27.9. The second kappa shape index (κ2) is 34.6. The summed E-state index contributed by atoms with van der Waals surface area (Å²) in [5, 5.41) is 0. The first-order valence-electron chi connectivity index (χ1n) is 17.9. The Morgan fingerprint density at radius 3 is 1.37 bits per heavy atom. The minimum absolute atomic E-state index is 0.0267. The fourth-order valence-electron chi connectivity index (χ4n) is 5.24. The first-order chi connectivity index (χ1) is 20.3. The minimum atomic E-state index is -0.0370. The van der Waals surface area contributed by atoms with Crippen LogP contribution in [0.1, 0.15) is 181 Å². The van der Waals surface area contributed by atoms with Gasteiger partial charge in [0.2, 0.25) is 0 Å². The highest BCUT2D eigenvalue weighted by molar-refractivity contribution is 5.72. The van der Waals surface area contributed by atoms with E-state index in [2.05, 4.69) is 62.5 Å².